The van der Waals surface area contributed by atoms with Crippen LogP contribution in [0.3, 0.4) is 0 Å². The minimum Gasteiger partial charge on any atom is -0.481 e. The zero-order chi connectivity index (χ0) is 10.3. The number of hydrogen-bond donors (Lipinski definition) is 3. The van der Waals surface area contributed by atoms with Crippen LogP contribution in [0.5, 0.6) is 0 Å². The summed E-state index contributed by atoms with van der Waals surface area (Å²) in [6.45, 7) is 0. The number of carbonyl (C=O) groups is 2. The van der Waals surface area contributed by atoms with Crippen molar-refractivity contribution < 1.29 is 19.8 Å². The van der Waals surface area contributed by atoms with Crippen molar-refractivity contribution in [1.29, 1.82) is 5.41 Å². The van der Waals surface area contributed by atoms with Crippen molar-refractivity contribution in [3.05, 3.63) is 24.3 Å². The van der Waals surface area contributed by atoms with Gasteiger partial charge in [0.15, 0.2) is 0 Å². The van der Waals surface area contributed by atoms with E-state index in [0.717, 1.165) is 6.08 Å². The average Bonchev–Trinajstić information content (AvgIpc) is 1.96. The van der Waals surface area contributed by atoms with Gasteiger partial charge in [0.2, 0.25) is 0 Å². The highest BCUT2D eigenvalue weighted by molar-refractivity contribution is 6.03. The molecular formula is C8H9NO4. The summed E-state index contributed by atoms with van der Waals surface area (Å²) < 4.78 is 0. The van der Waals surface area contributed by atoms with Gasteiger partial charge in [0.1, 0.15) is 0 Å². The van der Waals surface area contributed by atoms with Crippen LogP contribution in [0.15, 0.2) is 24.3 Å². The van der Waals surface area contributed by atoms with E-state index in [1.54, 1.807) is 0 Å². The number of aliphatic carboxylic acids is 2. The molecule has 0 aliphatic carbocycles. The lowest BCUT2D eigenvalue weighted by molar-refractivity contribution is -0.135. The van der Waals surface area contributed by atoms with Crippen LogP contribution in [-0.4, -0.2) is 27.9 Å². The summed E-state index contributed by atoms with van der Waals surface area (Å²) in [7, 11) is 0. The van der Waals surface area contributed by atoms with Gasteiger partial charge in [-0.1, -0.05) is 12.2 Å². The average molecular weight is 183 g/mol. The molecule has 0 spiro atoms. The number of carboxylic acid groups (broad SMARTS) is 2. The van der Waals surface area contributed by atoms with Crippen LogP contribution >= 0.6 is 0 Å². The van der Waals surface area contributed by atoms with Crippen molar-refractivity contribution >= 4 is 17.7 Å². The maximum atomic E-state index is 10.1. The topological polar surface area (TPSA) is 98.5 Å². The summed E-state index contributed by atoms with van der Waals surface area (Å²) in [5, 5.41) is 23.5. The van der Waals surface area contributed by atoms with Crippen LogP contribution in [0.4, 0.5) is 0 Å². The number of nitrogens with one attached hydrogen (secondary N) is 1. The quantitative estimate of drug-likeness (QED) is 0.331. The summed E-state index contributed by atoms with van der Waals surface area (Å²) in [6, 6.07) is 0. The first-order chi connectivity index (χ1) is 6.02. The Bertz CT molecular complexity index is 278. The molecule has 0 aliphatic heterocycles. The minimum atomic E-state index is -1.09. The van der Waals surface area contributed by atoms with Gasteiger partial charge in [-0.25, -0.2) is 4.79 Å². The summed E-state index contributed by atoms with van der Waals surface area (Å²) in [5.74, 6) is -2.17. The second kappa shape index (κ2) is 5.70. The molecule has 0 aromatic heterocycles. The lowest BCUT2D eigenvalue weighted by Gasteiger charge is -1.88. The molecule has 0 saturated carbocycles. The van der Waals surface area contributed by atoms with E-state index in [0.29, 0.717) is 0 Å². The number of hydrogen-bond acceptors (Lipinski definition) is 3. The molecule has 3 N–H and O–H groups in total. The Labute approximate surface area is 74.5 Å². The predicted molar refractivity (Wildman–Crippen MR) is 45.9 cm³/mol. The molecule has 13 heavy (non-hydrogen) atoms. The van der Waals surface area contributed by atoms with Crippen molar-refractivity contribution in [3.63, 3.8) is 0 Å². The molecule has 0 unspecified atom stereocenters. The van der Waals surface area contributed by atoms with Crippen LogP contribution in [-0.2, 0) is 9.59 Å². The normalized spacial score (nSPS) is 10.8. The molecule has 0 fully saturated rings. The van der Waals surface area contributed by atoms with Gasteiger partial charge < -0.3 is 15.6 Å². The maximum absolute atomic E-state index is 10.1. The van der Waals surface area contributed by atoms with Crippen LogP contribution < -0.4 is 0 Å². The van der Waals surface area contributed by atoms with Gasteiger partial charge in [0.05, 0.1) is 6.42 Å². The van der Waals surface area contributed by atoms with Gasteiger partial charge in [-0.2, -0.15) is 0 Å². The molecule has 0 atom stereocenters. The molecule has 5 heteroatoms. The monoisotopic (exact) mass is 183 g/mol. The Hall–Kier alpha value is -1.91. The molecule has 0 aromatic rings. The molecule has 0 aromatic carbocycles. The van der Waals surface area contributed by atoms with E-state index >= 15 is 0 Å². The first kappa shape index (κ1) is 11.1. The van der Waals surface area contributed by atoms with Crippen molar-refractivity contribution in [3.8, 4) is 0 Å². The molecule has 0 heterocycles. The van der Waals surface area contributed by atoms with E-state index in [2.05, 4.69) is 0 Å². The van der Waals surface area contributed by atoms with Crippen molar-refractivity contribution in [1.82, 2.24) is 0 Å². The Morgan fingerprint density at radius 2 is 1.69 bits per heavy atom. The standard InChI is InChI=1S/C8H9NO4/c9-6(5-8(12)13)3-1-2-4-7(10)11/h1-4,9H,5H2,(H,10,11)(H,12,13)/b3-1-,4-2+,9-6?. The smallest absolute Gasteiger partial charge is 0.328 e. The second-order valence-electron chi connectivity index (χ2n) is 2.15. The third-order valence-corrected chi connectivity index (χ3v) is 0.989. The van der Waals surface area contributed by atoms with Crippen molar-refractivity contribution in [2.45, 2.75) is 6.42 Å². The van der Waals surface area contributed by atoms with Gasteiger partial charge in [0, 0.05) is 11.8 Å². The van der Waals surface area contributed by atoms with Gasteiger partial charge in [-0.05, 0) is 6.08 Å². The molecule has 0 aliphatic rings. The highest BCUT2D eigenvalue weighted by Crippen LogP contribution is 1.87. The zero-order valence-corrected chi connectivity index (χ0v) is 6.73. The third-order valence-electron chi connectivity index (χ3n) is 0.989. The Kier molecular flexibility index (Phi) is 4.87. The highest BCUT2D eigenvalue weighted by atomic mass is 16.4. The van der Waals surface area contributed by atoms with Gasteiger partial charge in [-0.3, -0.25) is 4.79 Å². The largest absolute Gasteiger partial charge is 0.481 e. The Morgan fingerprint density at radius 3 is 2.15 bits per heavy atom. The minimum absolute atomic E-state index is 0.0810. The first-order valence-corrected chi connectivity index (χ1v) is 3.39. The third kappa shape index (κ3) is 7.99. The molecule has 70 valence electrons. The van der Waals surface area contributed by atoms with Crippen LogP contribution in [0.1, 0.15) is 6.42 Å². The van der Waals surface area contributed by atoms with E-state index < -0.39 is 11.9 Å². The Balaban J connectivity index is 3.91. The van der Waals surface area contributed by atoms with Gasteiger partial charge in [-0.15, -0.1) is 0 Å². The number of allylic oxidation sites excluding steroid dienone is 3. The lowest BCUT2D eigenvalue weighted by atomic mass is 10.2. The van der Waals surface area contributed by atoms with E-state index in [-0.39, 0.29) is 12.1 Å². The van der Waals surface area contributed by atoms with Gasteiger partial charge >= 0.3 is 11.9 Å². The zero-order valence-electron chi connectivity index (χ0n) is 6.73. The molecule has 0 rings (SSSR count). The van der Waals surface area contributed by atoms with Crippen molar-refractivity contribution in [2.24, 2.45) is 0 Å². The molecule has 0 amide bonds. The molecule has 0 bridgehead atoms. The highest BCUT2D eigenvalue weighted by Gasteiger charge is 1.97. The van der Waals surface area contributed by atoms with Crippen LogP contribution in [0, 0.1) is 5.41 Å². The summed E-state index contributed by atoms with van der Waals surface area (Å²) in [4.78, 5) is 20.0. The predicted octanol–water partition coefficient (Wildman–Crippen LogP) is 0.678. The second-order valence-corrected chi connectivity index (χ2v) is 2.15. The number of carboxylic acids is 2. The van der Waals surface area contributed by atoms with Gasteiger partial charge in [0.25, 0.3) is 0 Å². The van der Waals surface area contributed by atoms with E-state index in [4.69, 9.17) is 15.6 Å². The molecule has 5 nitrogen and oxygen atoms in total. The van der Waals surface area contributed by atoms with E-state index in [9.17, 15) is 9.59 Å². The van der Waals surface area contributed by atoms with Crippen LogP contribution in [0.2, 0.25) is 0 Å². The fourth-order valence-corrected chi connectivity index (χ4v) is 0.531. The lowest BCUT2D eigenvalue weighted by Crippen LogP contribution is -2.02. The molecule has 0 saturated heterocycles. The van der Waals surface area contributed by atoms with E-state index in [1.165, 1.54) is 18.2 Å². The summed E-state index contributed by atoms with van der Waals surface area (Å²) in [5.41, 5.74) is -0.0810. The van der Waals surface area contributed by atoms with Crippen LogP contribution in [0.25, 0.3) is 0 Å². The fraction of sp³-hybridized carbons (Fsp3) is 0.125. The van der Waals surface area contributed by atoms with Crippen molar-refractivity contribution in [2.75, 3.05) is 0 Å². The Morgan fingerprint density at radius 1 is 1.15 bits per heavy atom. The van der Waals surface area contributed by atoms with E-state index in [1.807, 2.05) is 0 Å². The summed E-state index contributed by atoms with van der Waals surface area (Å²) in [6.07, 6.45) is 4.29. The molecular weight excluding hydrogens is 174 g/mol. The number of rotatable bonds is 5. The first-order valence-electron chi connectivity index (χ1n) is 3.39. The molecule has 0 radical (unpaired) electrons. The summed E-state index contributed by atoms with van der Waals surface area (Å²) >= 11 is 0. The SMILES string of the molecule is N=C(/C=C\C=C\C(=O)O)CC(=O)O. The fourth-order valence-electron chi connectivity index (χ4n) is 0.531. The maximum Gasteiger partial charge on any atom is 0.328 e.